The molecule has 0 bridgehead atoms. The third kappa shape index (κ3) is 2.66. The number of rotatable bonds is 3. The van der Waals surface area contributed by atoms with E-state index in [1.54, 1.807) is 12.3 Å². The molecular weight excluding hydrogens is 280 g/mol. The Morgan fingerprint density at radius 3 is 2.94 bits per heavy atom. The van der Waals surface area contributed by atoms with E-state index in [1.807, 2.05) is 25.1 Å². The van der Waals surface area contributed by atoms with Crippen molar-refractivity contribution in [3.63, 3.8) is 0 Å². The predicted molar refractivity (Wildman–Crippen MR) is 69.5 cm³/mol. The zero-order valence-corrected chi connectivity index (χ0v) is 10.8. The summed E-state index contributed by atoms with van der Waals surface area (Å²) in [7, 11) is 0. The SMILES string of the molecule is CC(Nc1cc(Br)ccc1C#N)c1ccn[nH]1. The lowest BCUT2D eigenvalue weighted by Gasteiger charge is -2.14. The molecule has 0 saturated heterocycles. The summed E-state index contributed by atoms with van der Waals surface area (Å²) in [4.78, 5) is 0. The minimum Gasteiger partial charge on any atom is -0.376 e. The highest BCUT2D eigenvalue weighted by atomic mass is 79.9. The van der Waals surface area contributed by atoms with Gasteiger partial charge in [0.15, 0.2) is 0 Å². The maximum atomic E-state index is 9.03. The lowest BCUT2D eigenvalue weighted by Crippen LogP contribution is -2.08. The monoisotopic (exact) mass is 290 g/mol. The molecule has 0 spiro atoms. The molecule has 0 fully saturated rings. The van der Waals surface area contributed by atoms with Gasteiger partial charge in [0.2, 0.25) is 0 Å². The van der Waals surface area contributed by atoms with E-state index in [9.17, 15) is 0 Å². The number of aromatic nitrogens is 2. The van der Waals surface area contributed by atoms with Gasteiger partial charge in [-0.3, -0.25) is 5.10 Å². The van der Waals surface area contributed by atoms with Crippen LogP contribution in [0.4, 0.5) is 5.69 Å². The van der Waals surface area contributed by atoms with Gasteiger partial charge in [-0.15, -0.1) is 0 Å². The van der Waals surface area contributed by atoms with Gasteiger partial charge in [-0.1, -0.05) is 15.9 Å². The highest BCUT2D eigenvalue weighted by Crippen LogP contribution is 2.24. The Bertz CT molecular complexity index is 542. The molecule has 1 heterocycles. The van der Waals surface area contributed by atoms with E-state index in [2.05, 4.69) is 37.5 Å². The number of nitrogens with one attached hydrogen (secondary N) is 2. The van der Waals surface area contributed by atoms with Crippen molar-refractivity contribution in [1.82, 2.24) is 10.2 Å². The number of nitriles is 1. The van der Waals surface area contributed by atoms with Crippen molar-refractivity contribution in [2.45, 2.75) is 13.0 Å². The second-order valence-electron chi connectivity index (χ2n) is 3.68. The topological polar surface area (TPSA) is 64.5 Å². The average Bonchev–Trinajstić information content (AvgIpc) is 2.83. The molecule has 2 rings (SSSR count). The molecule has 0 aliphatic heterocycles. The number of hydrogen-bond donors (Lipinski definition) is 2. The van der Waals surface area contributed by atoms with E-state index in [0.29, 0.717) is 5.56 Å². The fourth-order valence-corrected chi connectivity index (χ4v) is 1.91. The summed E-state index contributed by atoms with van der Waals surface area (Å²) in [5, 5.41) is 19.1. The maximum absolute atomic E-state index is 9.03. The summed E-state index contributed by atoms with van der Waals surface area (Å²) in [6.45, 7) is 2.01. The van der Waals surface area contributed by atoms with Gasteiger partial charge >= 0.3 is 0 Å². The average molecular weight is 291 g/mol. The van der Waals surface area contributed by atoms with Crippen LogP contribution < -0.4 is 5.32 Å². The number of nitrogens with zero attached hydrogens (tertiary/aromatic N) is 2. The minimum absolute atomic E-state index is 0.0684. The largest absolute Gasteiger partial charge is 0.376 e. The first kappa shape index (κ1) is 11.7. The van der Waals surface area contributed by atoms with Crippen LogP contribution in [0.25, 0.3) is 0 Å². The molecular formula is C12H11BrN4. The molecule has 4 nitrogen and oxygen atoms in total. The predicted octanol–water partition coefficient (Wildman–Crippen LogP) is 3.22. The second kappa shape index (κ2) is 5.02. The lowest BCUT2D eigenvalue weighted by atomic mass is 10.1. The summed E-state index contributed by atoms with van der Waals surface area (Å²) >= 11 is 3.39. The van der Waals surface area contributed by atoms with Crippen LogP contribution in [0.3, 0.4) is 0 Å². The van der Waals surface area contributed by atoms with Crippen molar-refractivity contribution in [2.75, 3.05) is 5.32 Å². The molecule has 2 N–H and O–H groups in total. The van der Waals surface area contributed by atoms with Gasteiger partial charge in [0.25, 0.3) is 0 Å². The van der Waals surface area contributed by atoms with Gasteiger partial charge in [-0.05, 0) is 31.2 Å². The molecule has 17 heavy (non-hydrogen) atoms. The summed E-state index contributed by atoms with van der Waals surface area (Å²) in [6.07, 6.45) is 1.71. The molecule has 1 aromatic carbocycles. The van der Waals surface area contributed by atoms with Crippen LogP contribution in [0, 0.1) is 11.3 Å². The fraction of sp³-hybridized carbons (Fsp3) is 0.167. The number of benzene rings is 1. The highest BCUT2D eigenvalue weighted by molar-refractivity contribution is 9.10. The Morgan fingerprint density at radius 2 is 2.29 bits per heavy atom. The molecule has 0 amide bonds. The number of H-pyrrole nitrogens is 1. The van der Waals surface area contributed by atoms with E-state index >= 15 is 0 Å². The Hall–Kier alpha value is -1.80. The Balaban J connectivity index is 2.24. The van der Waals surface area contributed by atoms with Gasteiger partial charge in [-0.25, -0.2) is 0 Å². The summed E-state index contributed by atoms with van der Waals surface area (Å²) in [6, 6.07) is 9.67. The van der Waals surface area contributed by atoms with Crippen molar-refractivity contribution >= 4 is 21.6 Å². The zero-order valence-electron chi connectivity index (χ0n) is 9.24. The molecule has 0 aliphatic rings. The number of hydrogen-bond acceptors (Lipinski definition) is 3. The van der Waals surface area contributed by atoms with Crippen molar-refractivity contribution in [3.05, 3.63) is 46.2 Å². The molecule has 1 aromatic heterocycles. The molecule has 5 heteroatoms. The van der Waals surface area contributed by atoms with Gasteiger partial charge in [-0.2, -0.15) is 10.4 Å². The van der Waals surface area contributed by atoms with E-state index in [-0.39, 0.29) is 6.04 Å². The highest BCUT2D eigenvalue weighted by Gasteiger charge is 2.09. The Kier molecular flexibility index (Phi) is 3.45. The normalized spacial score (nSPS) is 11.8. The second-order valence-corrected chi connectivity index (χ2v) is 4.60. The number of anilines is 1. The lowest BCUT2D eigenvalue weighted by molar-refractivity contribution is 0.825. The number of halogens is 1. The summed E-state index contributed by atoms with van der Waals surface area (Å²) in [5.74, 6) is 0. The van der Waals surface area contributed by atoms with Crippen LogP contribution in [0.15, 0.2) is 34.9 Å². The quantitative estimate of drug-likeness (QED) is 0.912. The van der Waals surface area contributed by atoms with Crippen molar-refractivity contribution < 1.29 is 0 Å². The first-order valence-electron chi connectivity index (χ1n) is 5.16. The standard InChI is InChI=1S/C12H11BrN4/c1-8(11-4-5-15-17-11)16-12-6-10(13)3-2-9(12)7-14/h2-6,8,16H,1H3,(H,15,17). The molecule has 1 unspecified atom stereocenters. The van der Waals surface area contributed by atoms with Gasteiger partial charge in [0.05, 0.1) is 23.0 Å². The van der Waals surface area contributed by atoms with Crippen LogP contribution >= 0.6 is 15.9 Å². The Morgan fingerprint density at radius 1 is 1.47 bits per heavy atom. The molecule has 0 saturated carbocycles. The van der Waals surface area contributed by atoms with Crippen molar-refractivity contribution in [3.8, 4) is 6.07 Å². The van der Waals surface area contributed by atoms with Gasteiger partial charge in [0, 0.05) is 10.7 Å². The molecule has 86 valence electrons. The van der Waals surface area contributed by atoms with Crippen LogP contribution in [0.5, 0.6) is 0 Å². The first-order valence-corrected chi connectivity index (χ1v) is 5.95. The van der Waals surface area contributed by atoms with Gasteiger partial charge < -0.3 is 5.32 Å². The van der Waals surface area contributed by atoms with Crippen LogP contribution in [0.1, 0.15) is 24.2 Å². The van der Waals surface area contributed by atoms with Crippen LogP contribution in [-0.2, 0) is 0 Å². The van der Waals surface area contributed by atoms with E-state index in [1.165, 1.54) is 0 Å². The van der Waals surface area contributed by atoms with Crippen molar-refractivity contribution in [1.29, 1.82) is 5.26 Å². The molecule has 0 radical (unpaired) electrons. The third-order valence-corrected chi connectivity index (χ3v) is 2.96. The van der Waals surface area contributed by atoms with E-state index < -0.39 is 0 Å². The molecule has 1 atom stereocenters. The van der Waals surface area contributed by atoms with E-state index in [4.69, 9.17) is 5.26 Å². The fourth-order valence-electron chi connectivity index (χ4n) is 1.55. The molecule has 2 aromatic rings. The Labute approximate surface area is 108 Å². The third-order valence-electron chi connectivity index (χ3n) is 2.46. The van der Waals surface area contributed by atoms with Crippen molar-refractivity contribution in [2.24, 2.45) is 0 Å². The summed E-state index contributed by atoms with van der Waals surface area (Å²) < 4.78 is 0.941. The maximum Gasteiger partial charge on any atom is 0.101 e. The summed E-state index contributed by atoms with van der Waals surface area (Å²) in [5.41, 5.74) is 2.41. The molecule has 0 aliphatic carbocycles. The minimum atomic E-state index is 0.0684. The van der Waals surface area contributed by atoms with E-state index in [0.717, 1.165) is 15.9 Å². The van der Waals surface area contributed by atoms with Crippen LogP contribution in [0.2, 0.25) is 0 Å². The van der Waals surface area contributed by atoms with Crippen LogP contribution in [-0.4, -0.2) is 10.2 Å². The van der Waals surface area contributed by atoms with Gasteiger partial charge in [0.1, 0.15) is 6.07 Å². The zero-order chi connectivity index (χ0) is 12.3. The smallest absolute Gasteiger partial charge is 0.101 e. The first-order chi connectivity index (χ1) is 8.20. The number of aromatic amines is 1.